The Kier molecular flexibility index (Phi) is 3.73. The first-order chi connectivity index (χ1) is 10.6. The van der Waals surface area contributed by atoms with E-state index in [0.717, 1.165) is 5.56 Å². The van der Waals surface area contributed by atoms with Crippen molar-refractivity contribution in [3.05, 3.63) is 66.2 Å². The number of rotatable bonds is 4. The molecule has 0 saturated carbocycles. The summed E-state index contributed by atoms with van der Waals surface area (Å²) in [7, 11) is 0. The van der Waals surface area contributed by atoms with Crippen LogP contribution in [0.15, 0.2) is 54.9 Å². The van der Waals surface area contributed by atoms with Crippen LogP contribution >= 0.6 is 0 Å². The number of nitrogens with one attached hydrogen (secondary N) is 1. The Morgan fingerprint density at radius 3 is 2.68 bits per heavy atom. The second-order valence-corrected chi connectivity index (χ2v) is 5.38. The lowest BCUT2D eigenvalue weighted by atomic mass is 9.96. The molecule has 0 aliphatic heterocycles. The van der Waals surface area contributed by atoms with Crippen molar-refractivity contribution in [3.63, 3.8) is 0 Å². The summed E-state index contributed by atoms with van der Waals surface area (Å²) in [4.78, 5) is 8.25. The van der Waals surface area contributed by atoms with Crippen LogP contribution in [0.3, 0.4) is 0 Å². The number of aromatic nitrogens is 2. The molecule has 4 nitrogen and oxygen atoms in total. The van der Waals surface area contributed by atoms with E-state index in [1.165, 1.54) is 18.5 Å². The van der Waals surface area contributed by atoms with Crippen LogP contribution in [-0.4, -0.2) is 21.6 Å². The molecule has 0 radical (unpaired) electrons. The molecule has 22 heavy (non-hydrogen) atoms. The van der Waals surface area contributed by atoms with Gasteiger partial charge in [-0.1, -0.05) is 30.3 Å². The first-order valence-corrected chi connectivity index (χ1v) is 6.98. The molecule has 0 aliphatic rings. The average molecular weight is 297 g/mol. The number of aliphatic hydroxyl groups is 1. The number of anilines is 1. The molecule has 1 atom stereocenters. The van der Waals surface area contributed by atoms with Crippen molar-refractivity contribution >= 4 is 16.7 Å². The highest BCUT2D eigenvalue weighted by atomic mass is 19.1. The van der Waals surface area contributed by atoms with Crippen molar-refractivity contribution in [1.82, 2.24) is 9.97 Å². The number of hydrogen-bond acceptors (Lipinski definition) is 4. The first kappa shape index (κ1) is 14.4. The highest BCUT2D eigenvalue weighted by Gasteiger charge is 2.23. The molecule has 1 unspecified atom stereocenters. The molecule has 0 saturated heterocycles. The Morgan fingerprint density at radius 2 is 1.91 bits per heavy atom. The predicted octanol–water partition coefficient (Wildman–Crippen LogP) is 3.09. The Bertz CT molecular complexity index is 790. The summed E-state index contributed by atoms with van der Waals surface area (Å²) < 4.78 is 13.4. The van der Waals surface area contributed by atoms with Crippen LogP contribution < -0.4 is 5.32 Å². The normalized spacial score (nSPS) is 13.8. The molecule has 0 bridgehead atoms. The molecule has 3 rings (SSSR count). The summed E-state index contributed by atoms with van der Waals surface area (Å²) in [6.45, 7) is 1.97. The second-order valence-electron chi connectivity index (χ2n) is 5.38. The fourth-order valence-electron chi connectivity index (χ4n) is 2.32. The number of halogens is 1. The van der Waals surface area contributed by atoms with Crippen LogP contribution in [0.4, 0.5) is 10.2 Å². The van der Waals surface area contributed by atoms with Crippen molar-refractivity contribution in [2.24, 2.45) is 0 Å². The van der Waals surface area contributed by atoms with E-state index in [1.807, 2.05) is 30.3 Å². The molecule has 0 amide bonds. The number of hydrogen-bond donors (Lipinski definition) is 2. The summed E-state index contributed by atoms with van der Waals surface area (Å²) >= 11 is 0. The van der Waals surface area contributed by atoms with Crippen molar-refractivity contribution in [3.8, 4) is 0 Å². The van der Waals surface area contributed by atoms with E-state index >= 15 is 0 Å². The zero-order valence-corrected chi connectivity index (χ0v) is 12.1. The summed E-state index contributed by atoms with van der Waals surface area (Å²) in [5.74, 6) is 0.154. The Hall–Kier alpha value is -2.53. The van der Waals surface area contributed by atoms with Crippen LogP contribution in [0.2, 0.25) is 0 Å². The molecule has 3 aromatic rings. The molecule has 0 fully saturated rings. The highest BCUT2D eigenvalue weighted by Crippen LogP contribution is 2.24. The Balaban J connectivity index is 1.86. The molecule has 2 N–H and O–H groups in total. The fourth-order valence-corrected chi connectivity index (χ4v) is 2.32. The molecule has 1 aromatic heterocycles. The zero-order valence-electron chi connectivity index (χ0n) is 12.1. The van der Waals surface area contributed by atoms with Gasteiger partial charge in [-0.2, -0.15) is 0 Å². The lowest BCUT2D eigenvalue weighted by Gasteiger charge is -2.24. The maximum atomic E-state index is 13.4. The van der Waals surface area contributed by atoms with E-state index in [-0.39, 0.29) is 12.4 Å². The third-order valence-electron chi connectivity index (χ3n) is 3.59. The van der Waals surface area contributed by atoms with Crippen LogP contribution in [0.25, 0.3) is 10.9 Å². The minimum atomic E-state index is -1.06. The lowest BCUT2D eigenvalue weighted by Crippen LogP contribution is -2.31. The van der Waals surface area contributed by atoms with Gasteiger partial charge in [0.1, 0.15) is 23.6 Å². The Morgan fingerprint density at radius 1 is 1.14 bits per heavy atom. The molecule has 0 aliphatic carbocycles. The second kappa shape index (κ2) is 5.69. The highest BCUT2D eigenvalue weighted by molar-refractivity contribution is 5.88. The Labute approximate surface area is 127 Å². The SMILES string of the molecule is CC(O)(CNc1ncnc2ccc(F)cc12)c1ccccc1. The van der Waals surface area contributed by atoms with Gasteiger partial charge in [-0.3, -0.25) is 0 Å². The first-order valence-electron chi connectivity index (χ1n) is 6.98. The molecule has 5 heteroatoms. The van der Waals surface area contributed by atoms with Gasteiger partial charge in [0, 0.05) is 11.9 Å². The lowest BCUT2D eigenvalue weighted by molar-refractivity contribution is 0.0715. The third-order valence-corrected chi connectivity index (χ3v) is 3.59. The van der Waals surface area contributed by atoms with E-state index in [2.05, 4.69) is 15.3 Å². The monoisotopic (exact) mass is 297 g/mol. The summed E-state index contributed by atoms with van der Waals surface area (Å²) in [5, 5.41) is 14.3. The summed E-state index contributed by atoms with van der Waals surface area (Å²) in [6.07, 6.45) is 1.42. The van der Waals surface area contributed by atoms with E-state index < -0.39 is 5.60 Å². The van der Waals surface area contributed by atoms with E-state index in [4.69, 9.17) is 0 Å². The van der Waals surface area contributed by atoms with E-state index in [0.29, 0.717) is 16.7 Å². The van der Waals surface area contributed by atoms with Crippen LogP contribution in [0, 0.1) is 5.82 Å². The third kappa shape index (κ3) is 2.89. The quantitative estimate of drug-likeness (QED) is 0.777. The van der Waals surface area contributed by atoms with E-state index in [9.17, 15) is 9.50 Å². The minimum Gasteiger partial charge on any atom is -0.384 e. The van der Waals surface area contributed by atoms with Gasteiger partial charge in [-0.05, 0) is 30.7 Å². The number of nitrogens with zero attached hydrogens (tertiary/aromatic N) is 2. The van der Waals surface area contributed by atoms with Gasteiger partial charge in [0.15, 0.2) is 0 Å². The van der Waals surface area contributed by atoms with Crippen LogP contribution in [-0.2, 0) is 5.60 Å². The van der Waals surface area contributed by atoms with Gasteiger partial charge in [-0.25, -0.2) is 14.4 Å². The molecule has 1 heterocycles. The predicted molar refractivity (Wildman–Crippen MR) is 84.0 cm³/mol. The molecular weight excluding hydrogens is 281 g/mol. The summed E-state index contributed by atoms with van der Waals surface area (Å²) in [5.41, 5.74) is 0.386. The topological polar surface area (TPSA) is 58.0 Å². The van der Waals surface area contributed by atoms with Crippen LogP contribution in [0.1, 0.15) is 12.5 Å². The van der Waals surface area contributed by atoms with Gasteiger partial charge in [-0.15, -0.1) is 0 Å². The number of fused-ring (bicyclic) bond motifs is 1. The average Bonchev–Trinajstić information content (AvgIpc) is 2.54. The molecular formula is C17H16FN3O. The smallest absolute Gasteiger partial charge is 0.137 e. The standard InChI is InChI=1S/C17H16FN3O/c1-17(22,12-5-3-2-4-6-12)10-19-16-14-9-13(18)7-8-15(14)20-11-21-16/h2-9,11,22H,10H2,1H3,(H,19,20,21). The molecule has 112 valence electrons. The van der Waals surface area contributed by atoms with Gasteiger partial charge in [0.25, 0.3) is 0 Å². The van der Waals surface area contributed by atoms with Crippen molar-refractivity contribution < 1.29 is 9.50 Å². The summed E-state index contributed by atoms with van der Waals surface area (Å²) in [6, 6.07) is 13.7. The molecule has 0 spiro atoms. The van der Waals surface area contributed by atoms with Gasteiger partial charge < -0.3 is 10.4 Å². The van der Waals surface area contributed by atoms with Crippen molar-refractivity contribution in [1.29, 1.82) is 0 Å². The maximum Gasteiger partial charge on any atom is 0.137 e. The zero-order chi connectivity index (χ0) is 15.6. The molecule has 2 aromatic carbocycles. The van der Waals surface area contributed by atoms with Gasteiger partial charge in [0.05, 0.1) is 5.52 Å². The fraction of sp³-hybridized carbons (Fsp3) is 0.176. The van der Waals surface area contributed by atoms with Crippen LogP contribution in [0.5, 0.6) is 0 Å². The van der Waals surface area contributed by atoms with Gasteiger partial charge in [0.2, 0.25) is 0 Å². The van der Waals surface area contributed by atoms with Crippen molar-refractivity contribution in [2.75, 3.05) is 11.9 Å². The minimum absolute atomic E-state index is 0.250. The maximum absolute atomic E-state index is 13.4. The number of benzene rings is 2. The van der Waals surface area contributed by atoms with E-state index in [1.54, 1.807) is 13.0 Å². The largest absolute Gasteiger partial charge is 0.384 e. The van der Waals surface area contributed by atoms with Crippen molar-refractivity contribution in [2.45, 2.75) is 12.5 Å². The van der Waals surface area contributed by atoms with Gasteiger partial charge >= 0.3 is 0 Å².